The lowest BCUT2D eigenvalue weighted by molar-refractivity contribution is -0.384. The molecule has 1 amide bonds. The van der Waals surface area contributed by atoms with Crippen molar-refractivity contribution >= 4 is 28.9 Å². The Morgan fingerprint density at radius 1 is 1.18 bits per heavy atom. The molecular weight excluding hydrogens is 434 g/mol. The Hall–Kier alpha value is -3.93. The largest absolute Gasteiger partial charge is 0.344 e. The van der Waals surface area contributed by atoms with Gasteiger partial charge in [-0.2, -0.15) is 5.26 Å². The maximum absolute atomic E-state index is 13.9. The average Bonchev–Trinajstić information content (AvgIpc) is 3.22. The van der Waals surface area contributed by atoms with Gasteiger partial charge in [-0.1, -0.05) is 13.8 Å². The molecule has 9 nitrogen and oxygen atoms in total. The van der Waals surface area contributed by atoms with E-state index in [1.165, 1.54) is 18.2 Å². The van der Waals surface area contributed by atoms with Crippen molar-refractivity contribution in [2.45, 2.75) is 58.4 Å². The lowest BCUT2D eigenvalue weighted by Crippen LogP contribution is -2.48. The number of rotatable bonds is 1. The number of aromatic nitrogens is 1. The number of carbonyl (C=O) groups excluding carboxylic acids is 2. The molecular formula is C25H25N5O4. The number of non-ortho nitro benzene ring substituents is 1. The minimum Gasteiger partial charge on any atom is -0.344 e. The highest BCUT2D eigenvalue weighted by Gasteiger charge is 2.61. The smallest absolute Gasteiger partial charge is 0.269 e. The predicted molar refractivity (Wildman–Crippen MR) is 125 cm³/mol. The zero-order valence-electron chi connectivity index (χ0n) is 19.7. The van der Waals surface area contributed by atoms with Crippen LogP contribution in [-0.4, -0.2) is 21.2 Å². The number of ketones is 1. The van der Waals surface area contributed by atoms with Crippen LogP contribution in [0.4, 0.5) is 17.2 Å². The lowest BCUT2D eigenvalue weighted by atomic mass is 9.61. The number of nitriles is 1. The van der Waals surface area contributed by atoms with Gasteiger partial charge in [-0.05, 0) is 38.7 Å². The van der Waals surface area contributed by atoms with Gasteiger partial charge in [0.15, 0.2) is 5.78 Å². The number of fused-ring (bicyclic) bond motifs is 5. The van der Waals surface area contributed by atoms with Gasteiger partial charge >= 0.3 is 0 Å². The topological polar surface area (TPSA) is 130 Å². The number of nitro benzene ring substituents is 1. The molecule has 0 saturated carbocycles. The normalized spacial score (nSPS) is 22.5. The van der Waals surface area contributed by atoms with Crippen LogP contribution in [-0.2, 0) is 20.5 Å². The monoisotopic (exact) mass is 459 g/mol. The van der Waals surface area contributed by atoms with Crippen LogP contribution in [0, 0.1) is 26.9 Å². The first kappa shape index (κ1) is 21.9. The first-order valence-electron chi connectivity index (χ1n) is 11.1. The van der Waals surface area contributed by atoms with E-state index in [9.17, 15) is 25.0 Å². The van der Waals surface area contributed by atoms with Gasteiger partial charge in [0, 0.05) is 58.4 Å². The Bertz CT molecular complexity index is 1400. The number of anilines is 2. The number of carbonyl (C=O) groups is 2. The fourth-order valence-corrected chi connectivity index (χ4v) is 5.65. The first-order valence-corrected chi connectivity index (χ1v) is 11.1. The van der Waals surface area contributed by atoms with E-state index in [-0.39, 0.29) is 34.4 Å². The molecule has 1 spiro atoms. The van der Waals surface area contributed by atoms with Gasteiger partial charge in [0.25, 0.3) is 5.69 Å². The fourth-order valence-electron chi connectivity index (χ4n) is 5.65. The highest BCUT2D eigenvalue weighted by Crippen LogP contribution is 2.58. The van der Waals surface area contributed by atoms with Gasteiger partial charge in [0.2, 0.25) is 5.91 Å². The first-order chi connectivity index (χ1) is 15.8. The van der Waals surface area contributed by atoms with Crippen LogP contribution in [0.25, 0.3) is 0 Å². The zero-order valence-corrected chi connectivity index (χ0v) is 19.7. The maximum atomic E-state index is 13.9. The molecule has 0 unspecified atom stereocenters. The average molecular weight is 460 g/mol. The molecule has 2 N–H and O–H groups in total. The number of Topliss-reactive ketones (excluding diaryl/α,β-unsaturated/α-hetero) is 1. The van der Waals surface area contributed by atoms with Gasteiger partial charge in [-0.3, -0.25) is 19.7 Å². The van der Waals surface area contributed by atoms with Crippen molar-refractivity contribution in [1.29, 1.82) is 5.26 Å². The van der Waals surface area contributed by atoms with Crippen LogP contribution in [0.3, 0.4) is 0 Å². The number of allylic oxidation sites excluding steroid dienone is 1. The minimum atomic E-state index is -1.65. The zero-order chi connectivity index (χ0) is 24.8. The summed E-state index contributed by atoms with van der Waals surface area (Å²) in [6.07, 6.45) is 2.43. The fraction of sp³-hybridized carbons (Fsp3) is 0.400. The minimum absolute atomic E-state index is 0.186. The number of benzene rings is 1. The van der Waals surface area contributed by atoms with Crippen molar-refractivity contribution in [2.75, 3.05) is 10.6 Å². The van der Waals surface area contributed by atoms with Crippen LogP contribution in [0.15, 0.2) is 35.7 Å². The summed E-state index contributed by atoms with van der Waals surface area (Å²) in [5, 5.41) is 28.0. The second kappa shape index (κ2) is 6.56. The molecule has 0 saturated heterocycles. The molecule has 5 rings (SSSR count). The molecule has 34 heavy (non-hydrogen) atoms. The number of hydrogen-bond acceptors (Lipinski definition) is 6. The van der Waals surface area contributed by atoms with Crippen molar-refractivity contribution in [3.63, 3.8) is 0 Å². The third-order valence-electron chi connectivity index (χ3n) is 6.95. The van der Waals surface area contributed by atoms with Gasteiger partial charge in [-0.15, -0.1) is 0 Å². The van der Waals surface area contributed by atoms with Crippen LogP contribution >= 0.6 is 0 Å². The molecule has 174 valence electrons. The van der Waals surface area contributed by atoms with E-state index in [2.05, 4.69) is 16.7 Å². The van der Waals surface area contributed by atoms with E-state index < -0.39 is 21.8 Å². The number of nitrogens with zero attached hydrogens (tertiary/aromatic N) is 3. The molecule has 0 radical (unpaired) electrons. The highest BCUT2D eigenvalue weighted by atomic mass is 16.6. The van der Waals surface area contributed by atoms with Crippen LogP contribution in [0.5, 0.6) is 0 Å². The second-order valence-electron chi connectivity index (χ2n) is 11.0. The Kier molecular flexibility index (Phi) is 4.23. The van der Waals surface area contributed by atoms with E-state index in [1.54, 1.807) is 6.20 Å². The third kappa shape index (κ3) is 2.71. The van der Waals surface area contributed by atoms with Crippen molar-refractivity contribution in [3.05, 3.63) is 62.5 Å². The number of nitrogens with one attached hydrogen (secondary N) is 2. The lowest BCUT2D eigenvalue weighted by Gasteiger charge is -2.43. The number of amides is 1. The Morgan fingerprint density at radius 2 is 1.88 bits per heavy atom. The van der Waals surface area contributed by atoms with Crippen LogP contribution in [0.2, 0.25) is 0 Å². The molecule has 1 aromatic heterocycles. The molecule has 1 atom stereocenters. The number of nitro groups is 1. The van der Waals surface area contributed by atoms with E-state index in [4.69, 9.17) is 0 Å². The summed E-state index contributed by atoms with van der Waals surface area (Å²) in [5.41, 5.74) is -0.362. The van der Waals surface area contributed by atoms with E-state index in [0.29, 0.717) is 34.8 Å². The van der Waals surface area contributed by atoms with Crippen molar-refractivity contribution in [1.82, 2.24) is 4.57 Å². The Balaban J connectivity index is 1.96. The standard InChI is InChI=1S/C25H25N5O4/c1-23(2,3)29-12-13(11-26)19-21(29)27-17-9-24(4,5)10-18(31)20(17)25(19)15-8-14(30(33)34)6-7-16(15)28-22(25)32/h6-8,12,27H,9-10H2,1-5H3,(H,28,32)/t25-/m1/s1. The summed E-state index contributed by atoms with van der Waals surface area (Å²) in [6.45, 7) is 9.94. The predicted octanol–water partition coefficient (Wildman–Crippen LogP) is 4.33. The maximum Gasteiger partial charge on any atom is 0.269 e. The summed E-state index contributed by atoms with van der Waals surface area (Å²) < 4.78 is 1.90. The molecule has 2 aromatic rings. The van der Waals surface area contributed by atoms with Crippen LogP contribution < -0.4 is 10.6 Å². The van der Waals surface area contributed by atoms with Crippen molar-refractivity contribution < 1.29 is 14.5 Å². The Morgan fingerprint density at radius 3 is 2.50 bits per heavy atom. The quantitative estimate of drug-likeness (QED) is 0.482. The van der Waals surface area contributed by atoms with Crippen molar-refractivity contribution in [2.24, 2.45) is 5.41 Å². The van der Waals surface area contributed by atoms with Gasteiger partial charge < -0.3 is 15.2 Å². The van der Waals surface area contributed by atoms with E-state index in [1.807, 2.05) is 39.2 Å². The molecule has 1 aliphatic carbocycles. The van der Waals surface area contributed by atoms with Gasteiger partial charge in [-0.25, -0.2) is 0 Å². The highest BCUT2D eigenvalue weighted by molar-refractivity contribution is 6.20. The number of hydrogen-bond donors (Lipinski definition) is 2. The SMILES string of the molecule is CC1(C)CC(=O)C2=C(C1)Nc1c(c(C#N)cn1C(C)(C)C)[C@@]21C(=O)Nc2ccc([N+](=O)[O-])cc21. The summed E-state index contributed by atoms with van der Waals surface area (Å²) in [5.74, 6) is -0.122. The molecule has 3 aliphatic rings. The summed E-state index contributed by atoms with van der Waals surface area (Å²) in [7, 11) is 0. The van der Waals surface area contributed by atoms with Gasteiger partial charge in [0.1, 0.15) is 17.3 Å². The third-order valence-corrected chi connectivity index (χ3v) is 6.95. The molecule has 1 aromatic carbocycles. The van der Waals surface area contributed by atoms with E-state index >= 15 is 0 Å². The van der Waals surface area contributed by atoms with Crippen LogP contribution in [0.1, 0.15) is 64.2 Å². The molecule has 3 heterocycles. The summed E-state index contributed by atoms with van der Waals surface area (Å²) in [4.78, 5) is 38.7. The molecule has 0 fully saturated rings. The molecule has 2 aliphatic heterocycles. The second-order valence-corrected chi connectivity index (χ2v) is 11.0. The summed E-state index contributed by atoms with van der Waals surface area (Å²) >= 11 is 0. The molecule has 9 heteroatoms. The van der Waals surface area contributed by atoms with Crippen molar-refractivity contribution in [3.8, 4) is 6.07 Å². The molecule has 0 bridgehead atoms. The van der Waals surface area contributed by atoms with Gasteiger partial charge in [0.05, 0.1) is 10.5 Å². The van der Waals surface area contributed by atoms with E-state index in [0.717, 1.165) is 0 Å². The summed E-state index contributed by atoms with van der Waals surface area (Å²) in [6, 6.07) is 6.38. The Labute approximate surface area is 196 Å².